The van der Waals surface area contributed by atoms with Crippen molar-refractivity contribution in [3.05, 3.63) is 11.9 Å². The minimum atomic E-state index is 0.150. The van der Waals surface area contributed by atoms with Gasteiger partial charge in [-0.05, 0) is 10.3 Å². The lowest BCUT2D eigenvalue weighted by atomic mass is 10.5. The summed E-state index contributed by atoms with van der Waals surface area (Å²) in [5.74, 6) is 0.712. The third kappa shape index (κ3) is 1.22. The Labute approximate surface area is 77.4 Å². The van der Waals surface area contributed by atoms with Gasteiger partial charge in [-0.25, -0.2) is 4.63 Å². The molecule has 2 heterocycles. The Morgan fingerprint density at radius 3 is 3.00 bits per heavy atom. The first-order valence-electron chi connectivity index (χ1n) is 3.37. The summed E-state index contributed by atoms with van der Waals surface area (Å²) in [5.41, 5.74) is 6.13. The average Bonchev–Trinajstić information content (AvgIpc) is 2.71. The van der Waals surface area contributed by atoms with Crippen molar-refractivity contribution >= 4 is 17.4 Å². The molecule has 0 aliphatic rings. The standard InChI is InChI=1S/C5H5ClN6O/c6-1-3-2-8-11-12(3)5-4(7)9-13-10-5/h2H,1H2,(H2,7,9). The predicted molar refractivity (Wildman–Crippen MR) is 43.2 cm³/mol. The lowest BCUT2D eigenvalue weighted by Gasteiger charge is -1.96. The van der Waals surface area contributed by atoms with Gasteiger partial charge in [-0.1, -0.05) is 5.21 Å². The summed E-state index contributed by atoms with van der Waals surface area (Å²) in [5, 5.41) is 14.3. The van der Waals surface area contributed by atoms with Gasteiger partial charge in [0.05, 0.1) is 17.8 Å². The van der Waals surface area contributed by atoms with E-state index in [1.54, 1.807) is 0 Å². The number of halogens is 1. The van der Waals surface area contributed by atoms with Crippen LogP contribution in [-0.4, -0.2) is 25.3 Å². The molecular weight excluding hydrogens is 196 g/mol. The first kappa shape index (κ1) is 7.99. The molecule has 8 heteroatoms. The maximum absolute atomic E-state index is 5.62. The maximum atomic E-state index is 5.62. The van der Waals surface area contributed by atoms with E-state index < -0.39 is 0 Å². The molecular formula is C5H5ClN6O. The summed E-state index contributed by atoms with van der Waals surface area (Å²) in [6.07, 6.45) is 1.52. The van der Waals surface area contributed by atoms with Crippen molar-refractivity contribution in [1.82, 2.24) is 25.3 Å². The van der Waals surface area contributed by atoms with Gasteiger partial charge in [-0.3, -0.25) is 0 Å². The fourth-order valence-corrected chi connectivity index (χ4v) is 1.05. The van der Waals surface area contributed by atoms with Gasteiger partial charge in [-0.15, -0.1) is 16.7 Å². The van der Waals surface area contributed by atoms with Crippen molar-refractivity contribution < 1.29 is 4.63 Å². The monoisotopic (exact) mass is 200 g/mol. The average molecular weight is 201 g/mol. The summed E-state index contributed by atoms with van der Waals surface area (Å²) in [4.78, 5) is 0. The van der Waals surface area contributed by atoms with Gasteiger partial charge in [0.15, 0.2) is 0 Å². The second-order valence-electron chi connectivity index (χ2n) is 2.24. The Bertz CT molecular complexity index is 409. The molecule has 0 aliphatic heterocycles. The molecule has 0 atom stereocenters. The molecule has 0 saturated carbocycles. The highest BCUT2D eigenvalue weighted by molar-refractivity contribution is 6.16. The first-order valence-corrected chi connectivity index (χ1v) is 3.90. The summed E-state index contributed by atoms with van der Waals surface area (Å²) in [6.45, 7) is 0. The number of nitrogen functional groups attached to an aromatic ring is 1. The van der Waals surface area contributed by atoms with Crippen LogP contribution in [0, 0.1) is 0 Å². The molecule has 2 aromatic rings. The van der Waals surface area contributed by atoms with E-state index >= 15 is 0 Å². The number of hydrogen-bond donors (Lipinski definition) is 1. The predicted octanol–water partition coefficient (Wildman–Crippen LogP) is -0.0287. The number of nitrogens with zero attached hydrogens (tertiary/aromatic N) is 5. The zero-order valence-electron chi connectivity index (χ0n) is 6.38. The molecule has 68 valence electrons. The van der Waals surface area contributed by atoms with Crippen LogP contribution in [0.2, 0.25) is 0 Å². The number of aromatic nitrogens is 5. The van der Waals surface area contributed by atoms with Crippen LogP contribution in [0.1, 0.15) is 5.69 Å². The molecule has 0 fully saturated rings. The van der Waals surface area contributed by atoms with Crippen LogP contribution in [-0.2, 0) is 5.88 Å². The highest BCUT2D eigenvalue weighted by Gasteiger charge is 2.13. The Balaban J connectivity index is 2.52. The summed E-state index contributed by atoms with van der Waals surface area (Å²) in [6, 6.07) is 0. The first-order chi connectivity index (χ1) is 6.33. The van der Waals surface area contributed by atoms with E-state index in [9.17, 15) is 0 Å². The van der Waals surface area contributed by atoms with Crippen molar-refractivity contribution in [2.24, 2.45) is 0 Å². The zero-order chi connectivity index (χ0) is 9.26. The molecule has 13 heavy (non-hydrogen) atoms. The zero-order valence-corrected chi connectivity index (χ0v) is 7.14. The number of rotatable bonds is 2. The molecule has 2 N–H and O–H groups in total. The van der Waals surface area contributed by atoms with E-state index in [4.69, 9.17) is 17.3 Å². The lowest BCUT2D eigenvalue weighted by Crippen LogP contribution is -2.04. The van der Waals surface area contributed by atoms with Gasteiger partial charge in [0.25, 0.3) is 0 Å². The van der Waals surface area contributed by atoms with Crippen molar-refractivity contribution in [3.8, 4) is 5.82 Å². The third-order valence-corrected chi connectivity index (χ3v) is 1.73. The van der Waals surface area contributed by atoms with Gasteiger partial charge in [0, 0.05) is 0 Å². The fraction of sp³-hybridized carbons (Fsp3) is 0.200. The molecule has 0 bridgehead atoms. The van der Waals surface area contributed by atoms with Crippen LogP contribution in [0.3, 0.4) is 0 Å². The Hall–Kier alpha value is -1.63. The second kappa shape index (κ2) is 3.02. The molecule has 2 rings (SSSR count). The molecule has 2 aromatic heterocycles. The molecule has 0 aromatic carbocycles. The van der Waals surface area contributed by atoms with Gasteiger partial charge >= 0.3 is 0 Å². The normalized spacial score (nSPS) is 10.5. The largest absolute Gasteiger partial charge is 0.378 e. The van der Waals surface area contributed by atoms with Crippen LogP contribution in [0.4, 0.5) is 5.82 Å². The van der Waals surface area contributed by atoms with Gasteiger partial charge in [-0.2, -0.15) is 4.68 Å². The smallest absolute Gasteiger partial charge is 0.243 e. The number of alkyl halides is 1. The fourth-order valence-electron chi connectivity index (χ4n) is 0.864. The number of nitrogens with two attached hydrogens (primary N) is 1. The highest BCUT2D eigenvalue weighted by atomic mass is 35.5. The van der Waals surface area contributed by atoms with E-state index in [0.717, 1.165) is 0 Å². The molecule has 0 aliphatic carbocycles. The van der Waals surface area contributed by atoms with Crippen molar-refractivity contribution in [2.45, 2.75) is 5.88 Å². The summed E-state index contributed by atoms with van der Waals surface area (Å²) >= 11 is 5.62. The van der Waals surface area contributed by atoms with Crippen LogP contribution < -0.4 is 5.73 Å². The van der Waals surface area contributed by atoms with E-state index in [1.807, 2.05) is 0 Å². The van der Waals surface area contributed by atoms with Crippen molar-refractivity contribution in [1.29, 1.82) is 0 Å². The molecule has 0 amide bonds. The summed E-state index contributed by atoms with van der Waals surface area (Å²) < 4.78 is 5.79. The van der Waals surface area contributed by atoms with E-state index in [0.29, 0.717) is 11.5 Å². The third-order valence-electron chi connectivity index (χ3n) is 1.45. The second-order valence-corrected chi connectivity index (χ2v) is 2.51. The molecule has 0 radical (unpaired) electrons. The minimum absolute atomic E-state index is 0.150. The number of hydrogen-bond acceptors (Lipinski definition) is 6. The van der Waals surface area contributed by atoms with Crippen molar-refractivity contribution in [3.63, 3.8) is 0 Å². The van der Waals surface area contributed by atoms with E-state index in [1.165, 1.54) is 10.9 Å². The lowest BCUT2D eigenvalue weighted by molar-refractivity contribution is 0.306. The Morgan fingerprint density at radius 1 is 1.54 bits per heavy atom. The molecule has 7 nitrogen and oxygen atoms in total. The topological polar surface area (TPSA) is 95.7 Å². The van der Waals surface area contributed by atoms with Crippen LogP contribution in [0.25, 0.3) is 5.82 Å². The van der Waals surface area contributed by atoms with E-state index in [2.05, 4.69) is 25.3 Å². The van der Waals surface area contributed by atoms with Crippen molar-refractivity contribution in [2.75, 3.05) is 5.73 Å². The van der Waals surface area contributed by atoms with Crippen LogP contribution >= 0.6 is 11.6 Å². The van der Waals surface area contributed by atoms with E-state index in [-0.39, 0.29) is 11.7 Å². The van der Waals surface area contributed by atoms with Crippen LogP contribution in [0.5, 0.6) is 0 Å². The van der Waals surface area contributed by atoms with Gasteiger partial charge in [0.2, 0.25) is 11.6 Å². The Morgan fingerprint density at radius 2 is 2.38 bits per heavy atom. The quantitative estimate of drug-likeness (QED) is 0.684. The SMILES string of the molecule is Nc1nonc1-n1nncc1CCl. The molecule has 0 spiro atoms. The minimum Gasteiger partial charge on any atom is -0.378 e. The van der Waals surface area contributed by atoms with Crippen LogP contribution in [0.15, 0.2) is 10.8 Å². The maximum Gasteiger partial charge on any atom is 0.243 e. The van der Waals surface area contributed by atoms with Gasteiger partial charge < -0.3 is 5.73 Å². The Kier molecular flexibility index (Phi) is 1.85. The highest BCUT2D eigenvalue weighted by Crippen LogP contribution is 2.13. The number of anilines is 1. The molecule has 0 saturated heterocycles. The van der Waals surface area contributed by atoms with Gasteiger partial charge in [0.1, 0.15) is 0 Å². The molecule has 0 unspecified atom stereocenters. The summed E-state index contributed by atoms with van der Waals surface area (Å²) in [7, 11) is 0.